The Labute approximate surface area is 275 Å². The average Bonchev–Trinajstić information content (AvgIpc) is 3.74. The number of β-amino-alcohol motifs (C(OH)–C–C–N with tert-alkyl or cyclic N) is 1. The molecule has 47 heavy (non-hydrogen) atoms. The molecule has 13 heteroatoms. The van der Waals surface area contributed by atoms with Crippen molar-refractivity contribution in [3.8, 4) is 17.3 Å². The van der Waals surface area contributed by atoms with Crippen molar-refractivity contribution in [1.82, 2.24) is 20.3 Å². The fourth-order valence-electron chi connectivity index (χ4n) is 5.18. The smallest absolute Gasteiger partial charge is 0.412 e. The number of amidine groups is 1. The van der Waals surface area contributed by atoms with Gasteiger partial charge in [-0.05, 0) is 62.9 Å². The number of nitriles is 1. The number of hydrogen-bond acceptors (Lipinski definition) is 10. The third kappa shape index (κ3) is 7.52. The summed E-state index contributed by atoms with van der Waals surface area (Å²) in [6, 6.07) is 17.5. The van der Waals surface area contributed by atoms with Gasteiger partial charge in [0.15, 0.2) is 6.10 Å². The number of ether oxygens (including phenoxy) is 1. The molecular weight excluding hydrogens is 624 g/mol. The van der Waals surface area contributed by atoms with E-state index in [1.54, 1.807) is 49.6 Å². The van der Waals surface area contributed by atoms with Crippen LogP contribution in [0.15, 0.2) is 71.1 Å². The van der Waals surface area contributed by atoms with Crippen LogP contribution >= 0.6 is 11.3 Å². The SMILES string of the molecule is CNCc1cc(C)ccc1NC(=O)OC(C)C1=NN(C[C@](O)(c2cc(F)ccc2F)[C@@H](C)c2nc(-c3ccc(C#N)cc3)cs2)C=[N+]1. The van der Waals surface area contributed by atoms with E-state index in [1.807, 2.05) is 26.1 Å². The zero-order valence-electron chi connectivity index (χ0n) is 26.2. The number of benzene rings is 3. The number of amides is 1. The lowest BCUT2D eigenvalue weighted by Crippen LogP contribution is -2.43. The van der Waals surface area contributed by atoms with Crippen LogP contribution in [0.2, 0.25) is 0 Å². The summed E-state index contributed by atoms with van der Waals surface area (Å²) in [5, 5.41) is 35.1. The van der Waals surface area contributed by atoms with E-state index in [1.165, 1.54) is 22.7 Å². The molecule has 1 radical (unpaired) electrons. The van der Waals surface area contributed by atoms with Crippen LogP contribution in [0.5, 0.6) is 0 Å². The minimum atomic E-state index is -2.02. The number of carbonyl (C=O) groups excluding carboxylic acids is 1. The minimum Gasteiger partial charge on any atom is -0.435 e. The van der Waals surface area contributed by atoms with Gasteiger partial charge in [0.05, 0.1) is 22.3 Å². The number of hydrazone groups is 1. The quantitative estimate of drug-likeness (QED) is 0.191. The number of carbonyl (C=O) groups is 1. The maximum atomic E-state index is 15.3. The summed E-state index contributed by atoms with van der Waals surface area (Å²) in [6.07, 6.45) is -0.250. The summed E-state index contributed by atoms with van der Waals surface area (Å²) >= 11 is 1.26. The molecule has 0 spiro atoms. The Balaban J connectivity index is 1.35. The number of aliphatic imine (C=N–C) groups is 1. The Morgan fingerprint density at radius 3 is 2.66 bits per heavy atom. The van der Waals surface area contributed by atoms with E-state index < -0.39 is 35.4 Å². The van der Waals surface area contributed by atoms with Crippen LogP contribution < -0.4 is 15.6 Å². The topological polar surface area (TPSA) is 137 Å². The lowest BCUT2D eigenvalue weighted by Gasteiger charge is -2.33. The lowest BCUT2D eigenvalue weighted by atomic mass is 9.81. The zero-order chi connectivity index (χ0) is 33.7. The van der Waals surface area contributed by atoms with Crippen molar-refractivity contribution in [3.05, 3.63) is 105 Å². The van der Waals surface area contributed by atoms with E-state index in [-0.39, 0.29) is 17.9 Å². The maximum Gasteiger partial charge on any atom is 0.412 e. The second-order valence-electron chi connectivity index (χ2n) is 11.2. The van der Waals surface area contributed by atoms with Crippen LogP contribution in [0.4, 0.5) is 19.3 Å². The molecular formula is C34H33F2N7O3S+. The highest BCUT2D eigenvalue weighted by molar-refractivity contribution is 7.10. The molecule has 1 aromatic heterocycles. The molecule has 3 N–H and O–H groups in total. The Bertz CT molecular complexity index is 1870. The number of hydrogen-bond donors (Lipinski definition) is 3. The van der Waals surface area contributed by atoms with Crippen molar-refractivity contribution in [3.63, 3.8) is 0 Å². The first-order chi connectivity index (χ1) is 22.5. The fraction of sp³-hybridized carbons (Fsp3) is 0.265. The fourth-order valence-corrected chi connectivity index (χ4v) is 6.15. The number of aliphatic hydroxyl groups is 1. The number of thiazole rings is 1. The van der Waals surface area contributed by atoms with Crippen molar-refractivity contribution in [2.45, 2.75) is 44.9 Å². The van der Waals surface area contributed by atoms with Gasteiger partial charge >= 0.3 is 11.9 Å². The van der Waals surface area contributed by atoms with Crippen molar-refractivity contribution in [2.75, 3.05) is 18.9 Å². The molecule has 2 heterocycles. The van der Waals surface area contributed by atoms with Gasteiger partial charge in [0.1, 0.15) is 23.8 Å². The van der Waals surface area contributed by atoms with E-state index >= 15 is 4.39 Å². The summed E-state index contributed by atoms with van der Waals surface area (Å²) in [5.41, 5.74) is 2.13. The van der Waals surface area contributed by atoms with Gasteiger partial charge in [0, 0.05) is 39.8 Å². The average molecular weight is 658 g/mol. The molecule has 0 bridgehead atoms. The summed E-state index contributed by atoms with van der Waals surface area (Å²) in [6.45, 7) is 5.46. The second kappa shape index (κ2) is 14.2. The molecule has 1 amide bonds. The van der Waals surface area contributed by atoms with Crippen molar-refractivity contribution in [1.29, 1.82) is 5.26 Å². The van der Waals surface area contributed by atoms with E-state index in [9.17, 15) is 14.3 Å². The van der Waals surface area contributed by atoms with E-state index in [4.69, 9.17) is 10.00 Å². The standard InChI is InChI=1S/C34H33F2N7O3S/c1-20-5-12-29(25(13-20)16-38-4)41-33(44)46-22(3)31-39-19-43(42-31)18-34(45,27-14-26(35)10-11-28(27)36)21(2)32-40-30(17-47-32)24-8-6-23(15-37)7-9-24/h5-14,17,19,21-22,38,45H,16,18H2,1-4H3,(H,41,44)/q+1/t21-,22?,34+/m0/s1. The van der Waals surface area contributed by atoms with E-state index in [0.717, 1.165) is 34.9 Å². The van der Waals surface area contributed by atoms with Gasteiger partial charge in [0.25, 0.3) is 6.34 Å². The molecule has 0 fully saturated rings. The minimum absolute atomic E-state index is 0.145. The van der Waals surface area contributed by atoms with E-state index in [2.05, 4.69) is 31.8 Å². The van der Waals surface area contributed by atoms with Crippen LogP contribution in [0.3, 0.4) is 0 Å². The molecule has 3 aromatic carbocycles. The Morgan fingerprint density at radius 1 is 1.17 bits per heavy atom. The Morgan fingerprint density at radius 2 is 1.94 bits per heavy atom. The molecule has 1 aliphatic heterocycles. The lowest BCUT2D eigenvalue weighted by molar-refractivity contribution is -0.00827. The van der Waals surface area contributed by atoms with Gasteiger partial charge < -0.3 is 15.2 Å². The van der Waals surface area contributed by atoms with Gasteiger partial charge in [-0.25, -0.2) is 18.6 Å². The third-order valence-corrected chi connectivity index (χ3v) is 8.81. The van der Waals surface area contributed by atoms with Gasteiger partial charge in [-0.3, -0.25) is 5.32 Å². The maximum absolute atomic E-state index is 15.3. The third-order valence-electron chi connectivity index (χ3n) is 7.78. The number of anilines is 1. The number of nitrogens with one attached hydrogen (secondary N) is 2. The molecule has 1 unspecified atom stereocenters. The van der Waals surface area contributed by atoms with Crippen LogP contribution in [-0.4, -0.2) is 53.1 Å². The van der Waals surface area contributed by atoms with Crippen LogP contribution in [0.1, 0.15) is 47.0 Å². The molecule has 0 saturated heterocycles. The summed E-state index contributed by atoms with van der Waals surface area (Å²) in [4.78, 5) is 21.7. The first-order valence-electron chi connectivity index (χ1n) is 14.8. The molecule has 5 rings (SSSR count). The second-order valence-corrected chi connectivity index (χ2v) is 12.1. The first kappa shape index (κ1) is 33.3. The summed E-state index contributed by atoms with van der Waals surface area (Å²) < 4.78 is 35.2. The van der Waals surface area contributed by atoms with Gasteiger partial charge in [-0.1, -0.05) is 41.7 Å². The molecule has 241 valence electrons. The van der Waals surface area contributed by atoms with Crippen LogP contribution in [0.25, 0.3) is 11.3 Å². The Hall–Kier alpha value is -5.03. The van der Waals surface area contributed by atoms with Crippen molar-refractivity contribution >= 4 is 35.3 Å². The molecule has 10 nitrogen and oxygen atoms in total. The number of aryl methyl sites for hydroxylation is 1. The number of nitrogens with zero attached hydrogens (tertiary/aromatic N) is 5. The largest absolute Gasteiger partial charge is 0.435 e. The van der Waals surface area contributed by atoms with Crippen LogP contribution in [-0.2, 0) is 16.9 Å². The van der Waals surface area contributed by atoms with Crippen molar-refractivity contribution in [2.24, 2.45) is 5.10 Å². The number of aromatic nitrogens is 1. The van der Waals surface area contributed by atoms with Gasteiger partial charge in [-0.2, -0.15) is 5.26 Å². The van der Waals surface area contributed by atoms with Crippen molar-refractivity contribution < 1.29 is 23.4 Å². The number of halogens is 2. The molecule has 1 aliphatic rings. The molecule has 3 atom stereocenters. The van der Waals surface area contributed by atoms with Gasteiger partial charge in [0.2, 0.25) is 0 Å². The summed E-state index contributed by atoms with van der Waals surface area (Å²) in [5.74, 6) is -2.20. The van der Waals surface area contributed by atoms with E-state index in [0.29, 0.717) is 28.5 Å². The Kier molecular flexibility index (Phi) is 10.0. The number of rotatable bonds is 11. The first-order valence-corrected chi connectivity index (χ1v) is 15.6. The highest BCUT2D eigenvalue weighted by Crippen LogP contribution is 2.41. The van der Waals surface area contributed by atoms with Crippen LogP contribution in [0, 0.1) is 29.9 Å². The monoisotopic (exact) mass is 657 g/mol. The highest BCUT2D eigenvalue weighted by atomic mass is 32.1. The normalized spacial score (nSPS) is 15.0. The summed E-state index contributed by atoms with van der Waals surface area (Å²) in [7, 11) is 1.81. The molecule has 0 saturated carbocycles. The molecule has 4 aromatic rings. The molecule has 0 aliphatic carbocycles. The zero-order valence-corrected chi connectivity index (χ0v) is 27.0. The predicted octanol–water partition coefficient (Wildman–Crippen LogP) is 5.61. The van der Waals surface area contributed by atoms with Gasteiger partial charge in [-0.15, -0.1) is 16.3 Å². The predicted molar refractivity (Wildman–Crippen MR) is 177 cm³/mol. The highest BCUT2D eigenvalue weighted by Gasteiger charge is 2.46.